The van der Waals surface area contributed by atoms with Crippen LogP contribution in [0.2, 0.25) is 5.02 Å². The van der Waals surface area contributed by atoms with Crippen LogP contribution in [0.4, 0.5) is 17.3 Å². The Morgan fingerprint density at radius 1 is 0.821 bits per heavy atom. The van der Waals surface area contributed by atoms with Crippen molar-refractivity contribution < 1.29 is 0 Å². The van der Waals surface area contributed by atoms with Gasteiger partial charge in [-0.25, -0.2) is 9.97 Å². The number of nitrogens with one attached hydrogen (secondary N) is 2. The second-order valence-electron chi connectivity index (χ2n) is 6.17. The van der Waals surface area contributed by atoms with Crippen LogP contribution in [0.1, 0.15) is 5.56 Å². The predicted octanol–water partition coefficient (Wildman–Crippen LogP) is 5.55. The maximum absolute atomic E-state index is 5.98. The Labute approximate surface area is 168 Å². The quantitative estimate of drug-likeness (QED) is 0.454. The molecule has 2 aromatic carbocycles. The van der Waals surface area contributed by atoms with Crippen molar-refractivity contribution in [1.29, 1.82) is 0 Å². The van der Waals surface area contributed by atoms with Crippen LogP contribution in [0.3, 0.4) is 0 Å². The SMILES string of the molecule is Clc1ccc(Nc2cc(NCc3cccnc3)nc(-c3ccccc3)n2)cc1. The minimum Gasteiger partial charge on any atom is -0.366 e. The molecule has 0 aliphatic rings. The Bertz CT molecular complexity index is 1040. The predicted molar refractivity (Wildman–Crippen MR) is 114 cm³/mol. The van der Waals surface area contributed by atoms with E-state index in [2.05, 4.69) is 25.6 Å². The molecule has 0 radical (unpaired) electrons. The third kappa shape index (κ3) is 4.64. The highest BCUT2D eigenvalue weighted by Crippen LogP contribution is 2.23. The van der Waals surface area contributed by atoms with Crippen molar-refractivity contribution in [3.63, 3.8) is 0 Å². The lowest BCUT2D eigenvalue weighted by Crippen LogP contribution is -2.05. The molecule has 2 aromatic heterocycles. The first-order chi connectivity index (χ1) is 13.8. The first-order valence-corrected chi connectivity index (χ1v) is 9.24. The molecule has 0 spiro atoms. The van der Waals surface area contributed by atoms with Crippen molar-refractivity contribution in [3.8, 4) is 11.4 Å². The van der Waals surface area contributed by atoms with Gasteiger partial charge in [0, 0.05) is 41.3 Å². The number of aromatic nitrogens is 3. The molecule has 0 atom stereocenters. The number of halogens is 1. The minimum atomic E-state index is 0.624. The van der Waals surface area contributed by atoms with Crippen molar-refractivity contribution in [3.05, 3.63) is 95.8 Å². The third-order valence-electron chi connectivity index (χ3n) is 4.07. The summed E-state index contributed by atoms with van der Waals surface area (Å²) in [5.41, 5.74) is 2.93. The zero-order valence-electron chi connectivity index (χ0n) is 15.0. The van der Waals surface area contributed by atoms with Gasteiger partial charge in [0.05, 0.1) is 0 Å². The highest BCUT2D eigenvalue weighted by molar-refractivity contribution is 6.30. The van der Waals surface area contributed by atoms with Crippen molar-refractivity contribution in [2.45, 2.75) is 6.54 Å². The van der Waals surface area contributed by atoms with Crippen molar-refractivity contribution in [2.24, 2.45) is 0 Å². The number of hydrogen-bond acceptors (Lipinski definition) is 5. The molecule has 0 saturated heterocycles. The lowest BCUT2D eigenvalue weighted by molar-refractivity contribution is 1.07. The van der Waals surface area contributed by atoms with E-state index in [0.717, 1.165) is 22.6 Å². The molecule has 0 fully saturated rings. The molecule has 0 unspecified atom stereocenters. The summed E-state index contributed by atoms with van der Waals surface area (Å²) in [6, 6.07) is 23.2. The van der Waals surface area contributed by atoms with Gasteiger partial charge < -0.3 is 10.6 Å². The van der Waals surface area contributed by atoms with Gasteiger partial charge in [0.25, 0.3) is 0 Å². The van der Waals surface area contributed by atoms with Crippen LogP contribution in [0.15, 0.2) is 85.2 Å². The molecule has 2 heterocycles. The van der Waals surface area contributed by atoms with Crippen LogP contribution in [-0.2, 0) is 6.54 Å². The van der Waals surface area contributed by atoms with Gasteiger partial charge >= 0.3 is 0 Å². The van der Waals surface area contributed by atoms with E-state index in [1.165, 1.54) is 0 Å². The molecule has 4 aromatic rings. The molecule has 0 aliphatic carbocycles. The summed E-state index contributed by atoms with van der Waals surface area (Å²) >= 11 is 5.98. The van der Waals surface area contributed by atoms with Crippen LogP contribution in [-0.4, -0.2) is 15.0 Å². The lowest BCUT2D eigenvalue weighted by Gasteiger charge is -2.12. The maximum atomic E-state index is 5.98. The summed E-state index contributed by atoms with van der Waals surface area (Å²) in [6.45, 7) is 0.624. The van der Waals surface area contributed by atoms with Crippen molar-refractivity contribution in [1.82, 2.24) is 15.0 Å². The molecule has 5 nitrogen and oxygen atoms in total. The number of anilines is 3. The van der Waals surface area contributed by atoms with E-state index in [1.54, 1.807) is 6.20 Å². The topological polar surface area (TPSA) is 62.7 Å². The Morgan fingerprint density at radius 2 is 1.61 bits per heavy atom. The number of pyridine rings is 1. The van der Waals surface area contributed by atoms with Gasteiger partial charge in [0.1, 0.15) is 11.6 Å². The van der Waals surface area contributed by atoms with Crippen LogP contribution >= 0.6 is 11.6 Å². The van der Waals surface area contributed by atoms with Gasteiger partial charge in [-0.15, -0.1) is 0 Å². The van der Waals surface area contributed by atoms with Crippen LogP contribution < -0.4 is 10.6 Å². The van der Waals surface area contributed by atoms with Gasteiger partial charge in [0.2, 0.25) is 0 Å². The monoisotopic (exact) mass is 387 g/mol. The summed E-state index contributed by atoms with van der Waals surface area (Å²) in [6.07, 6.45) is 3.59. The van der Waals surface area contributed by atoms with E-state index in [1.807, 2.05) is 79.0 Å². The van der Waals surface area contributed by atoms with Crippen LogP contribution in [0, 0.1) is 0 Å². The summed E-state index contributed by atoms with van der Waals surface area (Å²) in [7, 11) is 0. The molecule has 138 valence electrons. The standard InChI is InChI=1S/C22H18ClN5/c23-18-8-10-19(11-9-18)26-21-13-20(25-15-16-5-4-12-24-14-16)27-22(28-21)17-6-2-1-3-7-17/h1-14H,15H2,(H2,25,26,27,28). The third-order valence-corrected chi connectivity index (χ3v) is 4.32. The Hall–Kier alpha value is -3.44. The van der Waals surface area contributed by atoms with E-state index in [4.69, 9.17) is 11.6 Å². The molecule has 0 saturated carbocycles. The minimum absolute atomic E-state index is 0.624. The Kier molecular flexibility index (Phi) is 5.45. The smallest absolute Gasteiger partial charge is 0.163 e. The van der Waals surface area contributed by atoms with E-state index in [-0.39, 0.29) is 0 Å². The van der Waals surface area contributed by atoms with Crippen LogP contribution in [0.5, 0.6) is 0 Å². The van der Waals surface area contributed by atoms with Gasteiger partial charge in [-0.05, 0) is 35.9 Å². The van der Waals surface area contributed by atoms with Gasteiger partial charge in [-0.1, -0.05) is 48.0 Å². The Balaban J connectivity index is 1.63. The molecule has 28 heavy (non-hydrogen) atoms. The van der Waals surface area contributed by atoms with Crippen molar-refractivity contribution in [2.75, 3.05) is 10.6 Å². The molecule has 0 aliphatic heterocycles. The lowest BCUT2D eigenvalue weighted by atomic mass is 10.2. The fraction of sp³-hybridized carbons (Fsp3) is 0.0455. The molecule has 0 amide bonds. The zero-order chi connectivity index (χ0) is 19.2. The van der Waals surface area contributed by atoms with Crippen molar-refractivity contribution >= 4 is 28.9 Å². The molecule has 6 heteroatoms. The molecule has 0 bridgehead atoms. The molecule has 2 N–H and O–H groups in total. The number of benzene rings is 2. The van der Waals surface area contributed by atoms with E-state index < -0.39 is 0 Å². The summed E-state index contributed by atoms with van der Waals surface area (Å²) < 4.78 is 0. The van der Waals surface area contributed by atoms with E-state index in [0.29, 0.717) is 23.2 Å². The van der Waals surface area contributed by atoms with Gasteiger partial charge in [0.15, 0.2) is 5.82 Å². The molecule has 4 rings (SSSR count). The second kappa shape index (κ2) is 8.50. The van der Waals surface area contributed by atoms with Gasteiger partial charge in [-0.2, -0.15) is 0 Å². The Morgan fingerprint density at radius 3 is 2.36 bits per heavy atom. The fourth-order valence-electron chi connectivity index (χ4n) is 2.69. The highest BCUT2D eigenvalue weighted by Gasteiger charge is 2.08. The molecular weight excluding hydrogens is 370 g/mol. The summed E-state index contributed by atoms with van der Waals surface area (Å²) in [4.78, 5) is 13.5. The zero-order valence-corrected chi connectivity index (χ0v) is 15.8. The van der Waals surface area contributed by atoms with Gasteiger partial charge in [-0.3, -0.25) is 4.98 Å². The summed E-state index contributed by atoms with van der Waals surface area (Å²) in [5.74, 6) is 2.08. The number of hydrogen-bond donors (Lipinski definition) is 2. The van der Waals surface area contributed by atoms with E-state index >= 15 is 0 Å². The highest BCUT2D eigenvalue weighted by atomic mass is 35.5. The number of rotatable bonds is 6. The number of nitrogens with zero attached hydrogens (tertiary/aromatic N) is 3. The second-order valence-corrected chi connectivity index (χ2v) is 6.61. The summed E-state index contributed by atoms with van der Waals surface area (Å²) in [5, 5.41) is 7.36. The largest absolute Gasteiger partial charge is 0.366 e. The average Bonchev–Trinajstić information content (AvgIpc) is 2.75. The van der Waals surface area contributed by atoms with Crippen LogP contribution in [0.25, 0.3) is 11.4 Å². The normalized spacial score (nSPS) is 10.5. The first-order valence-electron chi connectivity index (χ1n) is 8.86. The first kappa shape index (κ1) is 17.9. The van der Waals surface area contributed by atoms with E-state index in [9.17, 15) is 0 Å². The fourth-order valence-corrected chi connectivity index (χ4v) is 2.82. The molecular formula is C22H18ClN5. The average molecular weight is 388 g/mol. The maximum Gasteiger partial charge on any atom is 0.163 e.